The van der Waals surface area contributed by atoms with Crippen LogP contribution in [0, 0.1) is 0 Å². The van der Waals surface area contributed by atoms with Crippen LogP contribution in [-0.4, -0.2) is 38.8 Å². The minimum absolute atomic E-state index is 0.0448. The van der Waals surface area contributed by atoms with Crippen LogP contribution in [0.3, 0.4) is 0 Å². The van der Waals surface area contributed by atoms with Crippen molar-refractivity contribution in [2.75, 3.05) is 13.1 Å². The molecule has 1 aliphatic rings. The van der Waals surface area contributed by atoms with Gasteiger partial charge in [-0.25, -0.2) is 9.59 Å². The fourth-order valence-electron chi connectivity index (χ4n) is 4.68. The zero-order valence-corrected chi connectivity index (χ0v) is 21.1. The molecule has 3 aromatic rings. The van der Waals surface area contributed by atoms with Gasteiger partial charge in [0.25, 0.3) is 0 Å². The quantitative estimate of drug-likeness (QED) is 0.401. The van der Waals surface area contributed by atoms with E-state index in [0.717, 1.165) is 48.2 Å². The van der Waals surface area contributed by atoms with Crippen LogP contribution in [0.2, 0.25) is 5.02 Å². The lowest BCUT2D eigenvalue weighted by Gasteiger charge is -2.33. The first-order valence-corrected chi connectivity index (χ1v) is 12.5. The summed E-state index contributed by atoms with van der Waals surface area (Å²) in [5.74, 6) is 0. The van der Waals surface area contributed by atoms with E-state index in [9.17, 15) is 9.59 Å². The van der Waals surface area contributed by atoms with E-state index in [1.54, 1.807) is 4.90 Å². The van der Waals surface area contributed by atoms with Gasteiger partial charge in [0.05, 0.1) is 11.0 Å². The molecule has 0 bridgehead atoms. The van der Waals surface area contributed by atoms with E-state index in [4.69, 9.17) is 16.3 Å². The van der Waals surface area contributed by atoms with Gasteiger partial charge in [-0.15, -0.1) is 0 Å². The Kier molecular flexibility index (Phi) is 7.36. The maximum atomic E-state index is 13.5. The Morgan fingerprint density at radius 1 is 1.00 bits per heavy atom. The molecular weight excluding hydrogens is 450 g/mol. The first-order valence-electron chi connectivity index (χ1n) is 12.1. The first kappa shape index (κ1) is 24.4. The number of carbonyl (C=O) groups is 1. The second kappa shape index (κ2) is 10.3. The maximum absolute atomic E-state index is 13.5. The Hall–Kier alpha value is -2.73. The summed E-state index contributed by atoms with van der Waals surface area (Å²) < 4.78 is 9.38. The van der Waals surface area contributed by atoms with Crippen LogP contribution in [0.25, 0.3) is 11.0 Å². The summed E-state index contributed by atoms with van der Waals surface area (Å²) in [7, 11) is 0. The number of piperidine rings is 1. The van der Waals surface area contributed by atoms with Crippen molar-refractivity contribution in [1.29, 1.82) is 0 Å². The number of unbranched alkanes of at least 4 members (excludes halogenated alkanes) is 1. The molecule has 0 unspecified atom stereocenters. The number of ether oxygens (including phenoxy) is 1. The first-order chi connectivity index (χ1) is 16.2. The zero-order chi connectivity index (χ0) is 24.3. The predicted octanol–water partition coefficient (Wildman–Crippen LogP) is 6.05. The van der Waals surface area contributed by atoms with Crippen LogP contribution in [0.15, 0.2) is 53.3 Å². The predicted molar refractivity (Wildman–Crippen MR) is 137 cm³/mol. The topological polar surface area (TPSA) is 56.5 Å². The van der Waals surface area contributed by atoms with E-state index in [0.29, 0.717) is 19.6 Å². The molecule has 1 aliphatic heterocycles. The molecule has 0 saturated carbocycles. The van der Waals surface area contributed by atoms with Gasteiger partial charge in [0.1, 0.15) is 5.60 Å². The molecule has 0 aliphatic carbocycles. The molecule has 0 radical (unpaired) electrons. The van der Waals surface area contributed by atoms with Crippen LogP contribution in [0.4, 0.5) is 4.79 Å². The molecule has 4 rings (SSSR count). The van der Waals surface area contributed by atoms with Crippen molar-refractivity contribution in [2.45, 2.75) is 71.1 Å². The number of imidazole rings is 1. The number of halogens is 1. The molecule has 1 amide bonds. The van der Waals surface area contributed by atoms with Crippen LogP contribution >= 0.6 is 11.6 Å². The highest BCUT2D eigenvalue weighted by atomic mass is 35.5. The van der Waals surface area contributed by atoms with Gasteiger partial charge in [0, 0.05) is 30.7 Å². The third-order valence-electron chi connectivity index (χ3n) is 6.36. The molecule has 2 heterocycles. The Balaban J connectivity index is 1.44. The van der Waals surface area contributed by atoms with Gasteiger partial charge < -0.3 is 9.64 Å². The van der Waals surface area contributed by atoms with Gasteiger partial charge >= 0.3 is 11.8 Å². The van der Waals surface area contributed by atoms with Crippen LogP contribution in [0.1, 0.15) is 58.1 Å². The Bertz CT molecular complexity index is 1180. The Morgan fingerprint density at radius 3 is 2.29 bits per heavy atom. The number of fused-ring (bicyclic) bond motifs is 1. The molecule has 1 aromatic heterocycles. The molecule has 6 nitrogen and oxygen atoms in total. The van der Waals surface area contributed by atoms with Crippen LogP contribution < -0.4 is 5.69 Å². The number of nitrogens with zero attached hydrogens (tertiary/aromatic N) is 3. The summed E-state index contributed by atoms with van der Waals surface area (Å²) in [5.41, 5.74) is 2.75. The third-order valence-corrected chi connectivity index (χ3v) is 6.61. The van der Waals surface area contributed by atoms with E-state index in [1.165, 1.54) is 5.56 Å². The highest BCUT2D eigenvalue weighted by Gasteiger charge is 2.29. The fourth-order valence-corrected chi connectivity index (χ4v) is 4.81. The molecular formula is C27H34ClN3O3. The second-order valence-electron chi connectivity index (χ2n) is 10.1. The van der Waals surface area contributed by atoms with E-state index < -0.39 is 5.60 Å². The molecule has 0 spiro atoms. The summed E-state index contributed by atoms with van der Waals surface area (Å²) in [5, 5.41) is 0.750. The Labute approximate surface area is 206 Å². The third kappa shape index (κ3) is 5.66. The average Bonchev–Trinajstić information content (AvgIpc) is 3.08. The van der Waals surface area contributed by atoms with Crippen LogP contribution in [-0.2, 0) is 17.7 Å². The molecule has 2 aromatic carbocycles. The average molecular weight is 484 g/mol. The van der Waals surface area contributed by atoms with Gasteiger partial charge in [-0.1, -0.05) is 35.9 Å². The minimum atomic E-state index is -0.508. The highest BCUT2D eigenvalue weighted by molar-refractivity contribution is 6.30. The van der Waals surface area contributed by atoms with E-state index in [-0.39, 0.29) is 17.8 Å². The smallest absolute Gasteiger partial charge is 0.410 e. The van der Waals surface area contributed by atoms with Gasteiger partial charge in [-0.2, -0.15) is 0 Å². The Morgan fingerprint density at radius 2 is 1.65 bits per heavy atom. The summed E-state index contributed by atoms with van der Waals surface area (Å²) in [4.78, 5) is 27.7. The number of benzene rings is 2. The second-order valence-corrected chi connectivity index (χ2v) is 10.5. The largest absolute Gasteiger partial charge is 0.444 e. The van der Waals surface area contributed by atoms with Gasteiger partial charge in [-0.05, 0) is 82.7 Å². The molecule has 1 fully saturated rings. The fraction of sp³-hybridized carbons (Fsp3) is 0.481. The molecule has 0 atom stereocenters. The molecule has 34 heavy (non-hydrogen) atoms. The maximum Gasteiger partial charge on any atom is 0.410 e. The normalized spacial score (nSPS) is 15.1. The van der Waals surface area contributed by atoms with E-state index in [1.807, 2.05) is 66.3 Å². The standard InChI is InChI=1S/C27H34ClN3O3/c1-27(2,3)34-26(33)29-18-15-22(16-19-29)31-24-10-5-4-9-23(24)30(25(31)32)17-7-6-8-20-11-13-21(28)14-12-20/h4-5,9-14,22H,6-8,15-19H2,1-3H3. The summed E-state index contributed by atoms with van der Waals surface area (Å²) in [6.07, 6.45) is 4.10. The van der Waals surface area contributed by atoms with Crippen LogP contribution in [0.5, 0.6) is 0 Å². The summed E-state index contributed by atoms with van der Waals surface area (Å²) >= 11 is 5.98. The van der Waals surface area contributed by atoms with E-state index in [2.05, 4.69) is 12.1 Å². The number of rotatable bonds is 6. The van der Waals surface area contributed by atoms with Gasteiger partial charge in [0.15, 0.2) is 0 Å². The molecule has 7 heteroatoms. The summed E-state index contributed by atoms with van der Waals surface area (Å²) in [6, 6.07) is 16.1. The minimum Gasteiger partial charge on any atom is -0.444 e. The molecule has 0 N–H and O–H groups in total. The number of hydrogen-bond donors (Lipinski definition) is 0. The summed E-state index contributed by atoms with van der Waals surface area (Å²) in [6.45, 7) is 7.50. The molecule has 182 valence electrons. The van der Waals surface area contributed by atoms with Gasteiger partial charge in [-0.3, -0.25) is 9.13 Å². The number of aryl methyl sites for hydroxylation is 2. The van der Waals surface area contributed by atoms with E-state index >= 15 is 0 Å². The zero-order valence-electron chi connectivity index (χ0n) is 20.3. The van der Waals surface area contributed by atoms with Crippen molar-refractivity contribution in [1.82, 2.24) is 14.0 Å². The van der Waals surface area contributed by atoms with Crippen molar-refractivity contribution >= 4 is 28.7 Å². The number of para-hydroxylation sites is 2. The van der Waals surface area contributed by atoms with Crippen molar-refractivity contribution in [3.05, 3.63) is 69.6 Å². The van der Waals surface area contributed by atoms with Gasteiger partial charge in [0.2, 0.25) is 0 Å². The lowest BCUT2D eigenvalue weighted by molar-refractivity contribution is 0.0188. The van der Waals surface area contributed by atoms with Crippen molar-refractivity contribution in [2.24, 2.45) is 0 Å². The van der Waals surface area contributed by atoms with Crippen molar-refractivity contribution < 1.29 is 9.53 Å². The number of carbonyl (C=O) groups excluding carboxylic acids is 1. The molecule has 1 saturated heterocycles. The number of aromatic nitrogens is 2. The lowest BCUT2D eigenvalue weighted by atomic mass is 10.0. The SMILES string of the molecule is CC(C)(C)OC(=O)N1CCC(n2c(=O)n(CCCCc3ccc(Cl)cc3)c3ccccc32)CC1. The number of amides is 1. The van der Waals surface area contributed by atoms with Crippen molar-refractivity contribution in [3.8, 4) is 0 Å². The monoisotopic (exact) mass is 483 g/mol. The number of hydrogen-bond acceptors (Lipinski definition) is 3. The highest BCUT2D eigenvalue weighted by Crippen LogP contribution is 2.27. The lowest BCUT2D eigenvalue weighted by Crippen LogP contribution is -2.43. The number of likely N-dealkylation sites (tertiary alicyclic amines) is 1. The van der Waals surface area contributed by atoms with Crippen molar-refractivity contribution in [3.63, 3.8) is 0 Å².